The molecular weight excluding hydrogens is 849 g/mol. The molecule has 0 spiro atoms. The smallest absolute Gasteiger partial charge is 0.406 e. The van der Waals surface area contributed by atoms with E-state index in [2.05, 4.69) is 35.4 Å². The van der Waals surface area contributed by atoms with E-state index < -0.39 is 18.3 Å². The molecule has 7 rings (SSSR count). The van der Waals surface area contributed by atoms with Gasteiger partial charge in [-0.3, -0.25) is 24.6 Å². The Morgan fingerprint density at radius 3 is 1.92 bits per heavy atom. The van der Waals surface area contributed by atoms with Crippen molar-refractivity contribution in [3.63, 3.8) is 0 Å². The van der Waals surface area contributed by atoms with Crippen LogP contribution < -0.4 is 35.2 Å². The summed E-state index contributed by atoms with van der Waals surface area (Å²) in [6.45, 7) is 8.20. The summed E-state index contributed by atoms with van der Waals surface area (Å²) in [6, 6.07) is 17.9. The van der Waals surface area contributed by atoms with Crippen molar-refractivity contribution in [2.75, 3.05) is 28.2 Å². The molecule has 328 valence electrons. The van der Waals surface area contributed by atoms with Gasteiger partial charge in [-0.1, -0.05) is 54.7 Å². The molecule has 0 unspecified atom stereocenters. The summed E-state index contributed by atoms with van der Waals surface area (Å²) in [5, 5.41) is 9.23. The Morgan fingerprint density at radius 1 is 0.820 bits per heavy atom. The van der Waals surface area contributed by atoms with Gasteiger partial charge in [0.25, 0.3) is 5.91 Å². The van der Waals surface area contributed by atoms with Crippen molar-refractivity contribution in [3.8, 4) is 11.5 Å². The third-order valence-corrected chi connectivity index (χ3v) is 12.0. The van der Waals surface area contributed by atoms with Crippen LogP contribution >= 0.6 is 22.7 Å². The molecule has 61 heavy (non-hydrogen) atoms. The minimum Gasteiger partial charge on any atom is -0.406 e. The third kappa shape index (κ3) is 12.0. The quantitative estimate of drug-likeness (QED) is 0.0933. The minimum atomic E-state index is -4.78. The number of halogens is 6. The van der Waals surface area contributed by atoms with E-state index in [0.29, 0.717) is 38.4 Å². The maximum absolute atomic E-state index is 13.5. The van der Waals surface area contributed by atoms with E-state index in [1.807, 2.05) is 62.9 Å². The van der Waals surface area contributed by atoms with Crippen molar-refractivity contribution >= 4 is 76.8 Å². The Bertz CT molecular complexity index is 2310. The number of anilines is 3. The first-order valence-corrected chi connectivity index (χ1v) is 21.2. The number of nitrogens with one attached hydrogen (secondary N) is 3. The van der Waals surface area contributed by atoms with Gasteiger partial charge < -0.3 is 25.0 Å². The Kier molecular flexibility index (Phi) is 14.0. The van der Waals surface area contributed by atoms with E-state index >= 15 is 0 Å². The molecule has 2 saturated carbocycles. The molecular formula is C41H45F6N7O5S2. The van der Waals surface area contributed by atoms with Crippen LogP contribution in [0, 0.1) is 0 Å². The number of alkyl halides is 6. The Hall–Kier alpha value is -5.21. The summed E-state index contributed by atoms with van der Waals surface area (Å²) in [7, 11) is 0. The highest BCUT2D eigenvalue weighted by atomic mass is 32.1. The van der Waals surface area contributed by atoms with Crippen molar-refractivity contribution in [1.82, 2.24) is 20.6 Å². The summed E-state index contributed by atoms with van der Waals surface area (Å²) >= 11 is 2.24. The van der Waals surface area contributed by atoms with Gasteiger partial charge in [0.15, 0.2) is 10.3 Å². The fraction of sp³-hybridized carbons (Fsp3) is 0.439. The Morgan fingerprint density at radius 2 is 1.41 bits per heavy atom. The summed E-state index contributed by atoms with van der Waals surface area (Å²) < 4.78 is 83.7. The van der Waals surface area contributed by atoms with E-state index in [1.165, 1.54) is 41.7 Å². The Balaban J connectivity index is 0.000000205. The average molecular weight is 894 g/mol. The number of hydrogen-bond acceptors (Lipinski definition) is 11. The lowest BCUT2D eigenvalue weighted by atomic mass is 9.76. The monoisotopic (exact) mass is 893 g/mol. The Labute approximate surface area is 355 Å². The number of aromatic nitrogens is 2. The van der Waals surface area contributed by atoms with Gasteiger partial charge in [-0.2, -0.15) is 0 Å². The fourth-order valence-corrected chi connectivity index (χ4v) is 8.61. The van der Waals surface area contributed by atoms with Crippen molar-refractivity contribution in [3.05, 3.63) is 66.7 Å². The SMILES string of the molecule is CC(C)N(CC(=O)N(c1nc2ccc(OC(F)(F)F)cc2s1)C1CCC1)c1ccccc1.CC(C)NCC(=O)NC1(C(=O)Nc2nc3ccc(OC(F)(F)F)cc3s2)CCC1. The maximum atomic E-state index is 13.5. The van der Waals surface area contributed by atoms with Crippen LogP contribution in [0.3, 0.4) is 0 Å². The van der Waals surface area contributed by atoms with E-state index in [-0.39, 0.29) is 65.6 Å². The first-order chi connectivity index (χ1) is 28.8. The van der Waals surface area contributed by atoms with Crippen LogP contribution in [0.2, 0.25) is 0 Å². The number of hydrogen-bond donors (Lipinski definition) is 3. The molecule has 2 aliphatic carbocycles. The number of para-hydroxylation sites is 1. The maximum Gasteiger partial charge on any atom is 0.573 e. The van der Waals surface area contributed by atoms with E-state index in [0.717, 1.165) is 48.8 Å². The normalized spacial score (nSPS) is 15.1. The zero-order chi connectivity index (χ0) is 44.1. The molecule has 20 heteroatoms. The van der Waals surface area contributed by atoms with Crippen molar-refractivity contribution in [2.45, 2.75) is 103 Å². The van der Waals surface area contributed by atoms with Crippen LogP contribution in [-0.4, -0.2) is 77.2 Å². The number of carbonyl (C=O) groups excluding carboxylic acids is 3. The summed E-state index contributed by atoms with van der Waals surface area (Å²) in [6.07, 6.45) is -4.89. The molecule has 2 heterocycles. The van der Waals surface area contributed by atoms with Gasteiger partial charge in [0.2, 0.25) is 11.8 Å². The minimum absolute atomic E-state index is 0.0544. The standard InChI is InChI=1S/C23H24F3N3O2S.C18H21F3N4O3S/c1-15(2)28(16-7-4-3-5-8-16)14-21(30)29(17-9-6-10-17)22-27-19-12-11-18(13-20(19)32-22)31-23(24,25)26;1-10(2)22-9-14(26)25-17(6-3-7-17)15(27)24-16-23-12-5-4-11(8-13(12)29-16)28-18(19,20)21/h3-5,7-8,11-13,15,17H,6,9-10,14H2,1-2H3;4-5,8,10,22H,3,6-7,9H2,1-2H3,(H,25,26)(H,23,24,27). The molecule has 12 nitrogen and oxygen atoms in total. The lowest BCUT2D eigenvalue weighted by Crippen LogP contribution is -2.62. The van der Waals surface area contributed by atoms with Crippen molar-refractivity contribution in [1.29, 1.82) is 0 Å². The predicted molar refractivity (Wildman–Crippen MR) is 223 cm³/mol. The lowest BCUT2D eigenvalue weighted by molar-refractivity contribution is -0.275. The highest BCUT2D eigenvalue weighted by Gasteiger charge is 2.45. The van der Waals surface area contributed by atoms with Gasteiger partial charge in [0.1, 0.15) is 17.0 Å². The molecule has 5 aromatic rings. The van der Waals surface area contributed by atoms with Gasteiger partial charge in [-0.05, 0) is 88.8 Å². The number of benzene rings is 3. The molecule has 2 aromatic heterocycles. The second-order valence-electron chi connectivity index (χ2n) is 15.2. The van der Waals surface area contributed by atoms with Crippen LogP contribution in [-0.2, 0) is 14.4 Å². The zero-order valence-electron chi connectivity index (χ0n) is 33.7. The average Bonchev–Trinajstić information content (AvgIpc) is 3.74. The summed E-state index contributed by atoms with van der Waals surface area (Å²) in [5.41, 5.74) is 0.953. The van der Waals surface area contributed by atoms with E-state index in [1.54, 1.807) is 4.90 Å². The molecule has 0 saturated heterocycles. The molecule has 2 aliphatic rings. The highest BCUT2D eigenvalue weighted by Crippen LogP contribution is 2.38. The summed E-state index contributed by atoms with van der Waals surface area (Å²) in [5.74, 6) is -1.37. The largest absolute Gasteiger partial charge is 0.573 e. The van der Waals surface area contributed by atoms with Gasteiger partial charge >= 0.3 is 12.7 Å². The van der Waals surface area contributed by atoms with Gasteiger partial charge in [-0.15, -0.1) is 26.3 Å². The molecule has 0 atom stereocenters. The van der Waals surface area contributed by atoms with Gasteiger partial charge in [0, 0.05) is 35.9 Å². The topological polar surface area (TPSA) is 138 Å². The highest BCUT2D eigenvalue weighted by molar-refractivity contribution is 7.22. The van der Waals surface area contributed by atoms with E-state index in [4.69, 9.17) is 0 Å². The predicted octanol–water partition coefficient (Wildman–Crippen LogP) is 9.17. The van der Waals surface area contributed by atoms with Gasteiger partial charge in [0.05, 0.1) is 33.5 Å². The van der Waals surface area contributed by atoms with Crippen LogP contribution in [0.5, 0.6) is 11.5 Å². The number of nitrogens with zero attached hydrogens (tertiary/aromatic N) is 4. The zero-order valence-corrected chi connectivity index (χ0v) is 35.3. The van der Waals surface area contributed by atoms with Crippen LogP contribution in [0.4, 0.5) is 42.3 Å². The van der Waals surface area contributed by atoms with Crippen LogP contribution in [0.15, 0.2) is 66.7 Å². The molecule has 3 N–H and O–H groups in total. The molecule has 0 bridgehead atoms. The van der Waals surface area contributed by atoms with Gasteiger partial charge in [-0.25, -0.2) is 9.97 Å². The summed E-state index contributed by atoms with van der Waals surface area (Å²) in [4.78, 5) is 50.9. The molecule has 0 aliphatic heterocycles. The number of ether oxygens (including phenoxy) is 2. The number of amides is 3. The number of fused-ring (bicyclic) bond motifs is 2. The van der Waals surface area contributed by atoms with E-state index in [9.17, 15) is 40.7 Å². The lowest BCUT2D eigenvalue weighted by Gasteiger charge is -2.40. The van der Waals surface area contributed by atoms with Crippen molar-refractivity contribution < 1.29 is 50.2 Å². The molecule has 3 amide bonds. The number of thiazole rings is 2. The third-order valence-electron chi connectivity index (χ3n) is 10.0. The first kappa shape index (κ1) is 45.3. The van der Waals surface area contributed by atoms with Crippen LogP contribution in [0.1, 0.15) is 66.2 Å². The fourth-order valence-electron chi connectivity index (χ4n) is 6.64. The molecule has 2 fully saturated rings. The number of rotatable bonds is 14. The molecule has 3 aromatic carbocycles. The van der Waals surface area contributed by atoms with Crippen molar-refractivity contribution in [2.24, 2.45) is 0 Å². The second kappa shape index (κ2) is 18.8. The number of carbonyl (C=O) groups is 3. The second-order valence-corrected chi connectivity index (χ2v) is 17.3. The van der Waals surface area contributed by atoms with Crippen LogP contribution in [0.25, 0.3) is 20.4 Å². The molecule has 0 radical (unpaired) electrons. The first-order valence-electron chi connectivity index (χ1n) is 19.6.